The van der Waals surface area contributed by atoms with Crippen LogP contribution in [-0.2, 0) is 9.53 Å². The monoisotopic (exact) mass is 361 g/mol. The average Bonchev–Trinajstić information content (AvgIpc) is 2.84. The number of fused-ring (bicyclic) bond motifs is 2. The summed E-state index contributed by atoms with van der Waals surface area (Å²) in [5.74, 6) is 1.73. The maximum absolute atomic E-state index is 12.6. The Labute approximate surface area is 160 Å². The highest BCUT2D eigenvalue weighted by atomic mass is 16.6. The van der Waals surface area contributed by atoms with Crippen LogP contribution in [0.1, 0.15) is 79.6 Å². The van der Waals surface area contributed by atoms with Crippen LogP contribution in [0, 0.1) is 29.1 Å². The van der Waals surface area contributed by atoms with E-state index in [1.54, 1.807) is 5.57 Å². The van der Waals surface area contributed by atoms with Crippen LogP contribution in [0.15, 0.2) is 11.6 Å². The molecule has 3 rings (SSSR count). The highest BCUT2D eigenvalue weighted by Gasteiger charge is 2.51. The number of nitrogens with one attached hydrogen (secondary N) is 1. The summed E-state index contributed by atoms with van der Waals surface area (Å²) in [6.07, 6.45) is 11.2. The number of carbonyl (C=O) groups excluding carboxylic acids is 1. The summed E-state index contributed by atoms with van der Waals surface area (Å²) in [7, 11) is 0. The van der Waals surface area contributed by atoms with Gasteiger partial charge in [-0.15, -0.1) is 0 Å². The van der Waals surface area contributed by atoms with Crippen molar-refractivity contribution < 1.29 is 9.53 Å². The van der Waals surface area contributed by atoms with Crippen LogP contribution in [0.4, 0.5) is 0 Å². The largest absolute Gasteiger partial charge is 0.461 e. The van der Waals surface area contributed by atoms with Crippen molar-refractivity contribution in [3.8, 4) is 0 Å². The number of rotatable bonds is 7. The normalized spacial score (nSPS) is 37.8. The van der Waals surface area contributed by atoms with Crippen molar-refractivity contribution in [3.63, 3.8) is 0 Å². The summed E-state index contributed by atoms with van der Waals surface area (Å²) in [6, 6.07) is 0.468. The zero-order chi connectivity index (χ0) is 18.9. The van der Waals surface area contributed by atoms with Crippen molar-refractivity contribution in [1.82, 2.24) is 5.32 Å². The maximum atomic E-state index is 12.6. The number of ether oxygens (including phenoxy) is 1. The van der Waals surface area contributed by atoms with E-state index < -0.39 is 0 Å². The molecule has 1 saturated heterocycles. The Balaban J connectivity index is 1.61. The molecule has 1 saturated carbocycles. The second-order valence-electron chi connectivity index (χ2n) is 9.97. The number of hydrogen-bond donors (Lipinski definition) is 1. The lowest BCUT2D eigenvalue weighted by Gasteiger charge is -2.46. The lowest BCUT2D eigenvalue weighted by Crippen LogP contribution is -2.41. The highest BCUT2D eigenvalue weighted by Crippen LogP contribution is 2.53. The van der Waals surface area contributed by atoms with E-state index in [9.17, 15) is 4.79 Å². The topological polar surface area (TPSA) is 38.3 Å². The second-order valence-corrected chi connectivity index (χ2v) is 9.97. The van der Waals surface area contributed by atoms with Gasteiger partial charge in [0, 0.05) is 18.5 Å². The molecule has 6 atom stereocenters. The summed E-state index contributed by atoms with van der Waals surface area (Å²) in [6.45, 7) is 12.3. The number of carbonyl (C=O) groups is 1. The van der Waals surface area contributed by atoms with E-state index in [-0.39, 0.29) is 29.3 Å². The molecule has 0 aromatic heterocycles. The number of esters is 1. The first-order valence-corrected chi connectivity index (χ1v) is 11.0. The van der Waals surface area contributed by atoms with Crippen LogP contribution in [0.25, 0.3) is 0 Å². The Hall–Kier alpha value is -0.830. The number of allylic oxidation sites excluding steroid dienone is 1. The van der Waals surface area contributed by atoms with Crippen molar-refractivity contribution in [2.75, 3.05) is 6.54 Å². The Kier molecular flexibility index (Phi) is 6.16. The smallest absolute Gasteiger partial charge is 0.311 e. The molecule has 26 heavy (non-hydrogen) atoms. The van der Waals surface area contributed by atoms with E-state index in [1.165, 1.54) is 38.5 Å². The van der Waals surface area contributed by atoms with Crippen LogP contribution in [0.5, 0.6) is 0 Å². The lowest BCUT2D eigenvalue weighted by atomic mass is 9.59. The van der Waals surface area contributed by atoms with Crippen molar-refractivity contribution in [1.29, 1.82) is 0 Å². The minimum Gasteiger partial charge on any atom is -0.461 e. The van der Waals surface area contributed by atoms with Crippen molar-refractivity contribution in [3.05, 3.63) is 11.6 Å². The first-order valence-electron chi connectivity index (χ1n) is 11.0. The zero-order valence-electron chi connectivity index (χ0n) is 17.5. The van der Waals surface area contributed by atoms with Gasteiger partial charge in [-0.05, 0) is 49.9 Å². The van der Waals surface area contributed by atoms with Gasteiger partial charge in [-0.3, -0.25) is 4.79 Å². The molecular weight excluding hydrogens is 322 g/mol. The Morgan fingerprint density at radius 2 is 2.08 bits per heavy atom. The van der Waals surface area contributed by atoms with E-state index in [0.29, 0.717) is 12.0 Å². The molecule has 3 aliphatic rings. The van der Waals surface area contributed by atoms with Crippen molar-refractivity contribution in [2.45, 2.75) is 91.7 Å². The quantitative estimate of drug-likeness (QED) is 0.506. The van der Waals surface area contributed by atoms with Gasteiger partial charge in [-0.1, -0.05) is 58.6 Å². The van der Waals surface area contributed by atoms with Gasteiger partial charge < -0.3 is 10.1 Å². The van der Waals surface area contributed by atoms with Crippen LogP contribution in [0.3, 0.4) is 0 Å². The van der Waals surface area contributed by atoms with Gasteiger partial charge in [-0.2, -0.15) is 0 Å². The summed E-state index contributed by atoms with van der Waals surface area (Å²) in [4.78, 5) is 12.6. The fourth-order valence-electron chi connectivity index (χ4n) is 5.54. The molecule has 2 aliphatic carbocycles. The van der Waals surface area contributed by atoms with E-state index in [2.05, 4.69) is 46.0 Å². The highest BCUT2D eigenvalue weighted by molar-refractivity contribution is 5.76. The molecule has 148 valence electrons. The van der Waals surface area contributed by atoms with Gasteiger partial charge in [-0.25, -0.2) is 0 Å². The predicted molar refractivity (Wildman–Crippen MR) is 107 cm³/mol. The Morgan fingerprint density at radius 1 is 1.31 bits per heavy atom. The van der Waals surface area contributed by atoms with Crippen molar-refractivity contribution >= 4 is 5.97 Å². The third-order valence-electron chi connectivity index (χ3n) is 7.19. The molecule has 0 bridgehead atoms. The van der Waals surface area contributed by atoms with Crippen LogP contribution >= 0.6 is 0 Å². The molecule has 2 fully saturated rings. The maximum Gasteiger partial charge on any atom is 0.311 e. The van der Waals surface area contributed by atoms with Gasteiger partial charge >= 0.3 is 5.97 Å². The third kappa shape index (κ3) is 4.18. The Bertz CT molecular complexity index is 540. The molecule has 3 nitrogen and oxygen atoms in total. The fourth-order valence-corrected chi connectivity index (χ4v) is 5.54. The molecule has 0 aromatic carbocycles. The Morgan fingerprint density at radius 3 is 2.81 bits per heavy atom. The van der Waals surface area contributed by atoms with E-state index in [1.807, 2.05) is 0 Å². The van der Waals surface area contributed by atoms with Crippen LogP contribution < -0.4 is 5.32 Å². The van der Waals surface area contributed by atoms with Crippen molar-refractivity contribution in [2.24, 2.45) is 29.1 Å². The second kappa shape index (κ2) is 8.04. The molecule has 0 radical (unpaired) electrons. The first-order chi connectivity index (χ1) is 12.3. The zero-order valence-corrected chi connectivity index (χ0v) is 17.5. The third-order valence-corrected chi connectivity index (χ3v) is 7.19. The summed E-state index contributed by atoms with van der Waals surface area (Å²) in [5.41, 5.74) is 1.87. The standard InChI is InChI=1S/C23H39NO2/c1-15(2)8-6-10-17(4)24-14-19-18-12-20-16(3)9-7-11-23(20,5)13-21(18)26-22(19)25/h12,15-19,21,24H,6-11,13-14H2,1-5H3/t16-,17-,18+,19+,21+,23+/m0/s1. The molecule has 3 heteroatoms. The molecule has 0 aromatic rings. The van der Waals surface area contributed by atoms with Crippen LogP contribution in [0.2, 0.25) is 0 Å². The summed E-state index contributed by atoms with van der Waals surface area (Å²) < 4.78 is 5.85. The SMILES string of the molecule is CC(C)CCC[C@H](C)NC[C@H]1C(=O)O[C@@H]2C[C@@]3(C)CCC[C@H](C)C3=C[C@@H]21. The molecule has 0 spiro atoms. The predicted octanol–water partition coefficient (Wildman–Crippen LogP) is 5.11. The minimum absolute atomic E-state index is 0.00118. The molecule has 1 N–H and O–H groups in total. The van der Waals surface area contributed by atoms with Gasteiger partial charge in [0.15, 0.2) is 0 Å². The molecule has 0 unspecified atom stereocenters. The van der Waals surface area contributed by atoms with Gasteiger partial charge in [0.1, 0.15) is 6.10 Å². The van der Waals surface area contributed by atoms with E-state index >= 15 is 0 Å². The van der Waals surface area contributed by atoms with Gasteiger partial charge in [0.25, 0.3) is 0 Å². The minimum atomic E-state index is -0.00118. The lowest BCUT2D eigenvalue weighted by molar-refractivity contribution is -0.145. The molecule has 1 heterocycles. The number of hydrogen-bond acceptors (Lipinski definition) is 3. The summed E-state index contributed by atoms with van der Waals surface area (Å²) in [5, 5.41) is 3.62. The van der Waals surface area contributed by atoms with Gasteiger partial charge in [0.2, 0.25) is 0 Å². The molecular formula is C23H39NO2. The first kappa shape index (κ1) is 19.9. The van der Waals surface area contributed by atoms with Crippen LogP contribution in [-0.4, -0.2) is 24.7 Å². The summed E-state index contributed by atoms with van der Waals surface area (Å²) >= 11 is 0. The fraction of sp³-hybridized carbons (Fsp3) is 0.870. The van der Waals surface area contributed by atoms with E-state index in [0.717, 1.165) is 18.9 Å². The van der Waals surface area contributed by atoms with E-state index in [4.69, 9.17) is 4.74 Å². The van der Waals surface area contributed by atoms with Gasteiger partial charge in [0.05, 0.1) is 5.92 Å². The molecule has 0 amide bonds. The average molecular weight is 362 g/mol. The molecule has 1 aliphatic heterocycles.